The summed E-state index contributed by atoms with van der Waals surface area (Å²) in [6, 6.07) is 39.1. The van der Waals surface area contributed by atoms with Crippen LogP contribution in [0, 0.1) is 0 Å². The summed E-state index contributed by atoms with van der Waals surface area (Å²) in [6.07, 6.45) is 2.92. The number of ether oxygens (including phenoxy) is 1. The minimum Gasteiger partial charge on any atom is -0.497 e. The highest BCUT2D eigenvalue weighted by molar-refractivity contribution is 6.03. The van der Waals surface area contributed by atoms with E-state index < -0.39 is 0 Å². The topological polar surface area (TPSA) is 42.6 Å². The number of methoxy groups -OCH3 is 1. The molecule has 0 saturated heterocycles. The van der Waals surface area contributed by atoms with Gasteiger partial charge in [-0.15, -0.1) is 0 Å². The van der Waals surface area contributed by atoms with Gasteiger partial charge in [-0.2, -0.15) is 10.2 Å². The maximum Gasteiger partial charge on any atom is 0.118 e. The van der Waals surface area contributed by atoms with Crippen molar-refractivity contribution >= 4 is 11.4 Å². The summed E-state index contributed by atoms with van der Waals surface area (Å²) in [4.78, 5) is 0. The number of hydrogen-bond donors (Lipinski definition) is 0. The molecular weight excluding hydrogens is 444 g/mol. The average molecular weight is 471 g/mol. The van der Waals surface area contributed by atoms with Crippen LogP contribution in [0.1, 0.15) is 23.6 Å². The molecule has 176 valence electrons. The molecule has 0 fully saturated rings. The molecule has 5 heteroatoms. The van der Waals surface area contributed by atoms with Gasteiger partial charge in [0.05, 0.1) is 35.9 Å². The number of benzene rings is 4. The lowest BCUT2D eigenvalue weighted by Crippen LogP contribution is -2.18. The van der Waals surface area contributed by atoms with Crippen LogP contribution in [0.2, 0.25) is 0 Å². The largest absolute Gasteiger partial charge is 0.497 e. The fourth-order valence-electron chi connectivity index (χ4n) is 4.69. The SMILES string of the molecule is COc1ccc(C2=NN(c3ccccc3)C(c3cn(-c4ccccc4)nc3-c3ccccc3)C2)cc1. The molecule has 1 aromatic heterocycles. The van der Waals surface area contributed by atoms with Crippen molar-refractivity contribution < 1.29 is 4.74 Å². The molecule has 36 heavy (non-hydrogen) atoms. The molecule has 1 aliphatic heterocycles. The zero-order valence-electron chi connectivity index (χ0n) is 20.0. The monoisotopic (exact) mass is 470 g/mol. The van der Waals surface area contributed by atoms with Crippen molar-refractivity contribution in [2.75, 3.05) is 12.1 Å². The zero-order valence-corrected chi connectivity index (χ0v) is 20.0. The van der Waals surface area contributed by atoms with E-state index in [1.54, 1.807) is 7.11 Å². The van der Waals surface area contributed by atoms with Crippen molar-refractivity contribution in [3.05, 3.63) is 133 Å². The van der Waals surface area contributed by atoms with Gasteiger partial charge in [0.2, 0.25) is 0 Å². The molecule has 0 bridgehead atoms. The van der Waals surface area contributed by atoms with Gasteiger partial charge in [-0.25, -0.2) is 4.68 Å². The maximum absolute atomic E-state index is 5.36. The molecule has 0 N–H and O–H groups in total. The third-order valence-corrected chi connectivity index (χ3v) is 6.52. The standard InChI is InChI=1S/C31H26N4O/c1-36-27-19-17-23(18-20-27)29-21-30(35(32-29)26-15-9-4-10-16-26)28-22-34(25-13-7-3-8-14-25)33-31(28)24-11-5-2-6-12-24/h2-20,22,30H,21H2,1H3. The first kappa shape index (κ1) is 21.9. The van der Waals surface area contributed by atoms with E-state index >= 15 is 0 Å². The molecule has 5 aromatic rings. The summed E-state index contributed by atoms with van der Waals surface area (Å²) < 4.78 is 7.34. The van der Waals surface area contributed by atoms with Crippen LogP contribution in [0.5, 0.6) is 5.75 Å². The molecule has 4 aromatic carbocycles. The van der Waals surface area contributed by atoms with Gasteiger partial charge in [0.1, 0.15) is 5.75 Å². The first-order valence-corrected chi connectivity index (χ1v) is 12.1. The van der Waals surface area contributed by atoms with Crippen molar-refractivity contribution in [3.8, 4) is 22.7 Å². The van der Waals surface area contributed by atoms with Crippen LogP contribution in [-0.4, -0.2) is 22.6 Å². The molecule has 6 rings (SSSR count). The summed E-state index contributed by atoms with van der Waals surface area (Å²) in [6.45, 7) is 0. The predicted octanol–water partition coefficient (Wildman–Crippen LogP) is 6.90. The fraction of sp³-hybridized carbons (Fsp3) is 0.0968. The van der Waals surface area contributed by atoms with Crippen molar-refractivity contribution in [1.29, 1.82) is 0 Å². The first-order chi connectivity index (χ1) is 17.8. The molecule has 0 radical (unpaired) electrons. The van der Waals surface area contributed by atoms with E-state index in [0.717, 1.165) is 51.6 Å². The third kappa shape index (κ3) is 4.16. The summed E-state index contributed by atoms with van der Waals surface area (Å²) in [5.74, 6) is 0.837. The summed E-state index contributed by atoms with van der Waals surface area (Å²) in [5, 5.41) is 12.3. The summed E-state index contributed by atoms with van der Waals surface area (Å²) in [5.41, 5.74) is 7.42. The Hall–Kier alpha value is -4.64. The van der Waals surface area contributed by atoms with Crippen molar-refractivity contribution in [2.45, 2.75) is 12.5 Å². The van der Waals surface area contributed by atoms with Gasteiger partial charge in [-0.1, -0.05) is 66.7 Å². The van der Waals surface area contributed by atoms with Crippen LogP contribution in [0.15, 0.2) is 127 Å². The highest BCUT2D eigenvalue weighted by Crippen LogP contribution is 2.40. The number of hydrazone groups is 1. The lowest BCUT2D eigenvalue weighted by atomic mass is 9.96. The Kier molecular flexibility index (Phi) is 5.80. The lowest BCUT2D eigenvalue weighted by Gasteiger charge is -2.23. The van der Waals surface area contributed by atoms with Crippen molar-refractivity contribution in [1.82, 2.24) is 9.78 Å². The lowest BCUT2D eigenvalue weighted by molar-refractivity contribution is 0.415. The highest BCUT2D eigenvalue weighted by Gasteiger charge is 2.33. The number of hydrogen-bond acceptors (Lipinski definition) is 4. The molecule has 1 atom stereocenters. The van der Waals surface area contributed by atoms with Gasteiger partial charge in [0.15, 0.2) is 0 Å². The van der Waals surface area contributed by atoms with Gasteiger partial charge in [0, 0.05) is 23.7 Å². The molecule has 0 aliphatic carbocycles. The maximum atomic E-state index is 5.36. The molecule has 0 saturated carbocycles. The second-order valence-corrected chi connectivity index (χ2v) is 8.75. The van der Waals surface area contributed by atoms with Gasteiger partial charge in [-0.05, 0) is 54.1 Å². The van der Waals surface area contributed by atoms with Gasteiger partial charge in [0.25, 0.3) is 0 Å². The van der Waals surface area contributed by atoms with E-state index in [1.807, 2.05) is 47.1 Å². The molecule has 0 spiro atoms. The smallest absolute Gasteiger partial charge is 0.118 e. The Labute approximate surface area is 210 Å². The van der Waals surface area contributed by atoms with Crippen molar-refractivity contribution in [3.63, 3.8) is 0 Å². The van der Waals surface area contributed by atoms with Gasteiger partial charge >= 0.3 is 0 Å². The Morgan fingerprint density at radius 1 is 0.694 bits per heavy atom. The molecule has 0 amide bonds. The van der Waals surface area contributed by atoms with E-state index in [1.165, 1.54) is 0 Å². The minimum absolute atomic E-state index is 0.00262. The number of nitrogens with zero attached hydrogens (tertiary/aromatic N) is 4. The Morgan fingerprint density at radius 3 is 1.94 bits per heavy atom. The fourth-order valence-corrected chi connectivity index (χ4v) is 4.69. The van der Waals surface area contributed by atoms with Gasteiger partial charge in [-0.3, -0.25) is 5.01 Å². The van der Waals surface area contributed by atoms with Crippen LogP contribution in [0.3, 0.4) is 0 Å². The number of para-hydroxylation sites is 2. The van der Waals surface area contributed by atoms with Crippen LogP contribution >= 0.6 is 0 Å². The van der Waals surface area contributed by atoms with E-state index in [0.29, 0.717) is 0 Å². The van der Waals surface area contributed by atoms with Crippen LogP contribution in [0.4, 0.5) is 5.69 Å². The van der Waals surface area contributed by atoms with Crippen LogP contribution < -0.4 is 9.75 Å². The Morgan fingerprint density at radius 2 is 1.31 bits per heavy atom. The summed E-state index contributed by atoms with van der Waals surface area (Å²) >= 11 is 0. The quantitative estimate of drug-likeness (QED) is 0.271. The van der Waals surface area contributed by atoms with E-state index in [2.05, 4.69) is 84.0 Å². The normalized spacial score (nSPS) is 15.1. The van der Waals surface area contributed by atoms with E-state index in [4.69, 9.17) is 14.9 Å². The summed E-state index contributed by atoms with van der Waals surface area (Å²) in [7, 11) is 1.69. The second-order valence-electron chi connectivity index (χ2n) is 8.75. The second kappa shape index (κ2) is 9.55. The number of aromatic nitrogens is 2. The van der Waals surface area contributed by atoms with Crippen molar-refractivity contribution in [2.24, 2.45) is 5.10 Å². The average Bonchev–Trinajstić information content (AvgIpc) is 3.60. The highest BCUT2D eigenvalue weighted by atomic mass is 16.5. The minimum atomic E-state index is -0.00262. The van der Waals surface area contributed by atoms with Crippen LogP contribution in [0.25, 0.3) is 16.9 Å². The molecule has 1 aliphatic rings. The number of rotatable bonds is 6. The van der Waals surface area contributed by atoms with Gasteiger partial charge < -0.3 is 4.74 Å². The first-order valence-electron chi connectivity index (χ1n) is 12.1. The molecule has 1 unspecified atom stereocenters. The van der Waals surface area contributed by atoms with E-state index in [9.17, 15) is 0 Å². The number of anilines is 1. The zero-order chi connectivity index (χ0) is 24.3. The third-order valence-electron chi connectivity index (χ3n) is 6.52. The Bertz CT molecular complexity index is 1480. The molecule has 5 nitrogen and oxygen atoms in total. The Balaban J connectivity index is 1.47. The van der Waals surface area contributed by atoms with Crippen LogP contribution in [-0.2, 0) is 0 Å². The molecular formula is C31H26N4O. The molecule has 2 heterocycles. The predicted molar refractivity (Wildman–Crippen MR) is 145 cm³/mol. The van der Waals surface area contributed by atoms with E-state index in [-0.39, 0.29) is 6.04 Å².